The average Bonchev–Trinajstić information content (AvgIpc) is 3.11. The molecule has 0 spiro atoms. The monoisotopic (exact) mass is 422 g/mol. The highest BCUT2D eigenvalue weighted by molar-refractivity contribution is 9.10. The van der Waals surface area contributed by atoms with E-state index in [2.05, 4.69) is 21.2 Å². The zero-order valence-corrected chi connectivity index (χ0v) is 17.4. The SMILES string of the molecule is CC(NC(=O)C1CC2CCC1N2C(=O)OC(C)(C)C)c1cccc(Br)c1. The Balaban J connectivity index is 1.65. The van der Waals surface area contributed by atoms with Crippen molar-refractivity contribution in [2.45, 2.75) is 70.7 Å². The van der Waals surface area contributed by atoms with E-state index in [-0.39, 0.29) is 36.0 Å². The van der Waals surface area contributed by atoms with Crippen molar-refractivity contribution in [3.63, 3.8) is 0 Å². The first-order chi connectivity index (χ1) is 12.2. The molecule has 1 aromatic carbocycles. The summed E-state index contributed by atoms with van der Waals surface area (Å²) in [5.41, 5.74) is 0.534. The molecule has 2 aliphatic heterocycles. The number of hydrogen-bond donors (Lipinski definition) is 1. The summed E-state index contributed by atoms with van der Waals surface area (Å²) >= 11 is 3.47. The summed E-state index contributed by atoms with van der Waals surface area (Å²) in [5, 5.41) is 3.12. The zero-order chi connectivity index (χ0) is 19.1. The molecule has 1 aromatic rings. The molecule has 5 nitrogen and oxygen atoms in total. The predicted octanol–water partition coefficient (Wildman–Crippen LogP) is 4.41. The van der Waals surface area contributed by atoms with Crippen LogP contribution < -0.4 is 5.32 Å². The first-order valence-corrected chi connectivity index (χ1v) is 10.0. The van der Waals surface area contributed by atoms with Gasteiger partial charge in [0.1, 0.15) is 5.60 Å². The van der Waals surface area contributed by atoms with Gasteiger partial charge in [0, 0.05) is 16.6 Å². The molecule has 3 rings (SSSR count). The first kappa shape index (κ1) is 19.2. The maximum Gasteiger partial charge on any atom is 0.410 e. The minimum atomic E-state index is -0.522. The first-order valence-electron chi connectivity index (χ1n) is 9.23. The van der Waals surface area contributed by atoms with Crippen LogP contribution in [-0.4, -0.2) is 34.6 Å². The second-order valence-electron chi connectivity index (χ2n) is 8.31. The van der Waals surface area contributed by atoms with Crippen LogP contribution in [0.2, 0.25) is 0 Å². The molecule has 0 aliphatic carbocycles. The lowest BCUT2D eigenvalue weighted by Gasteiger charge is -2.28. The molecule has 2 bridgehead atoms. The predicted molar refractivity (Wildman–Crippen MR) is 104 cm³/mol. The summed E-state index contributed by atoms with van der Waals surface area (Å²) in [5.74, 6) is -0.130. The van der Waals surface area contributed by atoms with Crippen molar-refractivity contribution in [2.24, 2.45) is 5.92 Å². The normalized spacial score (nSPS) is 25.9. The van der Waals surface area contributed by atoms with Gasteiger partial charge in [-0.3, -0.25) is 4.79 Å². The van der Waals surface area contributed by atoms with E-state index >= 15 is 0 Å². The fourth-order valence-corrected chi connectivity index (χ4v) is 4.47. The molecule has 2 aliphatic rings. The third-order valence-electron chi connectivity index (χ3n) is 5.19. The minimum Gasteiger partial charge on any atom is -0.444 e. The summed E-state index contributed by atoms with van der Waals surface area (Å²) < 4.78 is 6.54. The molecule has 4 unspecified atom stereocenters. The number of rotatable bonds is 3. The van der Waals surface area contributed by atoms with Crippen LogP contribution in [0.5, 0.6) is 0 Å². The fraction of sp³-hybridized carbons (Fsp3) is 0.600. The molecule has 2 heterocycles. The summed E-state index contributed by atoms with van der Waals surface area (Å²) in [4.78, 5) is 27.2. The van der Waals surface area contributed by atoms with Gasteiger partial charge in [0.15, 0.2) is 0 Å². The second-order valence-corrected chi connectivity index (χ2v) is 9.23. The Labute approximate surface area is 163 Å². The Morgan fingerprint density at radius 1 is 1.31 bits per heavy atom. The van der Waals surface area contributed by atoms with Crippen molar-refractivity contribution in [1.82, 2.24) is 10.2 Å². The smallest absolute Gasteiger partial charge is 0.410 e. The fourth-order valence-electron chi connectivity index (χ4n) is 4.05. The van der Waals surface area contributed by atoms with Gasteiger partial charge in [0.2, 0.25) is 5.91 Å². The minimum absolute atomic E-state index is 0.0261. The van der Waals surface area contributed by atoms with Gasteiger partial charge in [0.25, 0.3) is 0 Å². The van der Waals surface area contributed by atoms with Crippen LogP contribution in [0.25, 0.3) is 0 Å². The number of carbonyl (C=O) groups excluding carboxylic acids is 2. The highest BCUT2D eigenvalue weighted by atomic mass is 79.9. The standard InChI is InChI=1S/C20H27BrN2O3/c1-12(13-6-5-7-14(21)10-13)22-18(24)16-11-15-8-9-17(16)23(15)19(25)26-20(2,3)4/h5-7,10,12,15-17H,8-9,11H2,1-4H3,(H,22,24). The number of amides is 2. The molecule has 0 saturated carbocycles. The van der Waals surface area contributed by atoms with E-state index in [4.69, 9.17) is 4.74 Å². The molecule has 26 heavy (non-hydrogen) atoms. The summed E-state index contributed by atoms with van der Waals surface area (Å²) in [6, 6.07) is 7.93. The molecule has 142 valence electrons. The number of carbonyl (C=O) groups is 2. The Morgan fingerprint density at radius 2 is 2.04 bits per heavy atom. The van der Waals surface area contributed by atoms with Crippen molar-refractivity contribution in [1.29, 1.82) is 0 Å². The van der Waals surface area contributed by atoms with Gasteiger partial charge in [-0.25, -0.2) is 4.79 Å². The van der Waals surface area contributed by atoms with Gasteiger partial charge in [-0.05, 0) is 64.7 Å². The van der Waals surface area contributed by atoms with E-state index in [1.165, 1.54) is 0 Å². The van der Waals surface area contributed by atoms with Crippen LogP contribution in [0.15, 0.2) is 28.7 Å². The van der Waals surface area contributed by atoms with Crippen LogP contribution in [0.3, 0.4) is 0 Å². The number of benzene rings is 1. The lowest BCUT2D eigenvalue weighted by Crippen LogP contribution is -2.43. The number of halogens is 1. The van der Waals surface area contributed by atoms with Crippen molar-refractivity contribution >= 4 is 27.9 Å². The van der Waals surface area contributed by atoms with E-state index in [0.717, 1.165) is 29.3 Å². The Bertz CT molecular complexity index is 701. The molecular weight excluding hydrogens is 396 g/mol. The van der Waals surface area contributed by atoms with Crippen molar-refractivity contribution in [3.8, 4) is 0 Å². The molecule has 4 atom stereocenters. The summed E-state index contributed by atoms with van der Waals surface area (Å²) in [7, 11) is 0. The maximum atomic E-state index is 12.9. The third kappa shape index (κ3) is 4.05. The topological polar surface area (TPSA) is 58.6 Å². The van der Waals surface area contributed by atoms with Crippen LogP contribution in [0, 0.1) is 5.92 Å². The largest absolute Gasteiger partial charge is 0.444 e. The number of fused-ring (bicyclic) bond motifs is 2. The number of nitrogens with one attached hydrogen (secondary N) is 1. The summed E-state index contributed by atoms with van der Waals surface area (Å²) in [6.45, 7) is 7.59. The molecule has 0 radical (unpaired) electrons. The van der Waals surface area contributed by atoms with Crippen LogP contribution >= 0.6 is 15.9 Å². The van der Waals surface area contributed by atoms with Gasteiger partial charge < -0.3 is 15.0 Å². The summed E-state index contributed by atoms with van der Waals surface area (Å²) in [6.07, 6.45) is 2.25. The van der Waals surface area contributed by atoms with Crippen LogP contribution in [0.1, 0.15) is 58.6 Å². The van der Waals surface area contributed by atoms with Gasteiger partial charge in [0.05, 0.1) is 12.0 Å². The molecular formula is C20H27BrN2O3. The molecule has 2 amide bonds. The highest BCUT2D eigenvalue weighted by Crippen LogP contribution is 2.42. The third-order valence-corrected chi connectivity index (χ3v) is 5.68. The van der Waals surface area contributed by atoms with E-state index in [0.29, 0.717) is 0 Å². The van der Waals surface area contributed by atoms with Gasteiger partial charge in [-0.15, -0.1) is 0 Å². The van der Waals surface area contributed by atoms with Gasteiger partial charge in [-0.1, -0.05) is 28.1 Å². The average molecular weight is 423 g/mol. The molecule has 0 aromatic heterocycles. The molecule has 1 N–H and O–H groups in total. The Kier molecular flexibility index (Phi) is 5.33. The van der Waals surface area contributed by atoms with E-state index in [1.807, 2.05) is 52.0 Å². The van der Waals surface area contributed by atoms with E-state index in [1.54, 1.807) is 4.90 Å². The second kappa shape index (κ2) is 7.22. The molecule has 6 heteroatoms. The number of nitrogens with zero attached hydrogens (tertiary/aromatic N) is 1. The zero-order valence-electron chi connectivity index (χ0n) is 15.8. The number of ether oxygens (including phenoxy) is 1. The number of hydrogen-bond acceptors (Lipinski definition) is 3. The van der Waals surface area contributed by atoms with Gasteiger partial charge >= 0.3 is 6.09 Å². The van der Waals surface area contributed by atoms with Crippen molar-refractivity contribution < 1.29 is 14.3 Å². The van der Waals surface area contributed by atoms with Crippen molar-refractivity contribution in [3.05, 3.63) is 34.3 Å². The highest BCUT2D eigenvalue weighted by Gasteiger charge is 2.52. The lowest BCUT2D eigenvalue weighted by atomic mass is 9.88. The Morgan fingerprint density at radius 3 is 2.69 bits per heavy atom. The van der Waals surface area contributed by atoms with E-state index in [9.17, 15) is 9.59 Å². The maximum absolute atomic E-state index is 12.9. The Hall–Kier alpha value is -1.56. The van der Waals surface area contributed by atoms with Crippen LogP contribution in [-0.2, 0) is 9.53 Å². The quantitative estimate of drug-likeness (QED) is 0.784. The van der Waals surface area contributed by atoms with Crippen LogP contribution in [0.4, 0.5) is 4.79 Å². The molecule has 2 fully saturated rings. The van der Waals surface area contributed by atoms with Crippen molar-refractivity contribution in [2.75, 3.05) is 0 Å². The van der Waals surface area contributed by atoms with Gasteiger partial charge in [-0.2, -0.15) is 0 Å². The van der Waals surface area contributed by atoms with E-state index < -0.39 is 5.60 Å². The molecule has 2 saturated heterocycles. The lowest BCUT2D eigenvalue weighted by molar-refractivity contribution is -0.126.